The zero-order chi connectivity index (χ0) is 14.9. The maximum atomic E-state index is 13.3. The molecule has 5 nitrogen and oxygen atoms in total. The van der Waals surface area contributed by atoms with Crippen LogP contribution in [0.1, 0.15) is 37.0 Å². The molecule has 0 N–H and O–H groups in total. The molecule has 0 bridgehead atoms. The Labute approximate surface area is 116 Å². The Morgan fingerprint density at radius 1 is 1.40 bits per heavy atom. The molecule has 0 spiro atoms. The van der Waals surface area contributed by atoms with Gasteiger partial charge in [-0.1, -0.05) is 6.92 Å². The van der Waals surface area contributed by atoms with Crippen molar-refractivity contribution in [2.75, 3.05) is 6.54 Å². The number of nitrogens with zero attached hydrogens (tertiary/aromatic N) is 2. The Morgan fingerprint density at radius 2 is 2.10 bits per heavy atom. The summed E-state index contributed by atoms with van der Waals surface area (Å²) in [7, 11) is 0. The first-order valence-electron chi connectivity index (χ1n) is 6.65. The number of hydrogen-bond acceptors (Lipinski definition) is 3. The minimum atomic E-state index is -0.924. The number of likely N-dealkylation sites (tertiary alicyclic amines) is 1. The fraction of sp³-hybridized carbons (Fsp3) is 0.500. The van der Waals surface area contributed by atoms with Gasteiger partial charge in [-0.3, -0.25) is 14.9 Å². The van der Waals surface area contributed by atoms with Gasteiger partial charge in [-0.15, -0.1) is 0 Å². The van der Waals surface area contributed by atoms with E-state index in [2.05, 4.69) is 6.92 Å². The van der Waals surface area contributed by atoms with Gasteiger partial charge in [0.05, 0.1) is 4.92 Å². The third-order valence-electron chi connectivity index (χ3n) is 3.77. The second-order valence-electron chi connectivity index (χ2n) is 5.41. The lowest BCUT2D eigenvalue weighted by atomic mass is 9.94. The molecule has 6 heteroatoms. The van der Waals surface area contributed by atoms with Crippen molar-refractivity contribution in [3.8, 4) is 0 Å². The molecular weight excluding hydrogens is 263 g/mol. The molecule has 2 atom stereocenters. The van der Waals surface area contributed by atoms with Gasteiger partial charge >= 0.3 is 5.69 Å². The van der Waals surface area contributed by atoms with Crippen molar-refractivity contribution in [2.45, 2.75) is 32.7 Å². The van der Waals surface area contributed by atoms with Gasteiger partial charge < -0.3 is 4.90 Å². The summed E-state index contributed by atoms with van der Waals surface area (Å²) in [5.41, 5.74) is -0.493. The zero-order valence-electron chi connectivity index (χ0n) is 11.5. The topological polar surface area (TPSA) is 63.5 Å². The molecule has 1 aliphatic rings. The number of hydrogen-bond donors (Lipinski definition) is 0. The predicted octanol–water partition coefficient (Wildman–Crippen LogP) is 2.99. The molecule has 0 radical (unpaired) electrons. The number of carbonyl (C=O) groups is 1. The molecular formula is C14H17FN2O3. The van der Waals surface area contributed by atoms with Crippen molar-refractivity contribution in [2.24, 2.45) is 5.92 Å². The van der Waals surface area contributed by atoms with Crippen molar-refractivity contribution in [3.63, 3.8) is 0 Å². The molecule has 1 saturated heterocycles. The Bertz CT molecular complexity index is 547. The first kappa shape index (κ1) is 14.4. The fourth-order valence-electron chi connectivity index (χ4n) is 2.52. The lowest BCUT2D eigenvalue weighted by Crippen LogP contribution is -2.44. The number of carbonyl (C=O) groups excluding carboxylic acids is 1. The van der Waals surface area contributed by atoms with E-state index < -0.39 is 16.4 Å². The van der Waals surface area contributed by atoms with Crippen LogP contribution in [0.2, 0.25) is 0 Å². The first-order chi connectivity index (χ1) is 9.40. The number of halogens is 1. The average molecular weight is 280 g/mol. The monoisotopic (exact) mass is 280 g/mol. The van der Waals surface area contributed by atoms with E-state index in [1.807, 2.05) is 6.92 Å². The highest BCUT2D eigenvalue weighted by Gasteiger charge is 2.29. The standard InChI is InChI=1S/C14H17FN2O3/c1-9-3-4-10(2)16(8-9)14(18)11-5-6-12(15)13(7-11)17(19)20/h5-7,9-10H,3-4,8H2,1-2H3. The van der Waals surface area contributed by atoms with Crippen LogP contribution in [0, 0.1) is 21.8 Å². The van der Waals surface area contributed by atoms with Gasteiger partial charge in [0.25, 0.3) is 5.91 Å². The van der Waals surface area contributed by atoms with Crippen molar-refractivity contribution in [3.05, 3.63) is 39.7 Å². The van der Waals surface area contributed by atoms with E-state index in [0.29, 0.717) is 12.5 Å². The smallest absolute Gasteiger partial charge is 0.305 e. The summed E-state index contributed by atoms with van der Waals surface area (Å²) in [5, 5.41) is 10.7. The zero-order valence-corrected chi connectivity index (χ0v) is 11.5. The van der Waals surface area contributed by atoms with Crippen LogP contribution in [-0.4, -0.2) is 28.3 Å². The molecule has 108 valence electrons. The van der Waals surface area contributed by atoms with Crippen LogP contribution in [0.5, 0.6) is 0 Å². The van der Waals surface area contributed by atoms with Crippen LogP contribution in [0.3, 0.4) is 0 Å². The maximum Gasteiger partial charge on any atom is 0.305 e. The Hall–Kier alpha value is -1.98. The van der Waals surface area contributed by atoms with Gasteiger partial charge in [0.2, 0.25) is 5.82 Å². The number of rotatable bonds is 2. The second kappa shape index (κ2) is 5.56. The number of piperidine rings is 1. The molecule has 0 saturated carbocycles. The van der Waals surface area contributed by atoms with Crippen LogP contribution in [-0.2, 0) is 0 Å². The average Bonchev–Trinajstić information content (AvgIpc) is 2.41. The van der Waals surface area contributed by atoms with Gasteiger partial charge in [-0.25, -0.2) is 0 Å². The van der Waals surface area contributed by atoms with Crippen LogP contribution in [0.25, 0.3) is 0 Å². The highest BCUT2D eigenvalue weighted by Crippen LogP contribution is 2.25. The predicted molar refractivity (Wildman–Crippen MR) is 72.0 cm³/mol. The number of benzene rings is 1. The molecule has 2 unspecified atom stereocenters. The third-order valence-corrected chi connectivity index (χ3v) is 3.77. The van der Waals surface area contributed by atoms with Gasteiger partial charge in [0.1, 0.15) is 0 Å². The quantitative estimate of drug-likeness (QED) is 0.618. The molecule has 1 heterocycles. The van der Waals surface area contributed by atoms with Gasteiger partial charge in [-0.05, 0) is 37.8 Å². The van der Waals surface area contributed by atoms with Gasteiger partial charge in [0, 0.05) is 24.2 Å². The highest BCUT2D eigenvalue weighted by atomic mass is 19.1. The number of nitro benzene ring substituents is 1. The molecule has 1 aromatic rings. The summed E-state index contributed by atoms with van der Waals surface area (Å²) in [6.07, 6.45) is 1.98. The Balaban J connectivity index is 2.29. The molecule has 2 rings (SSSR count). The van der Waals surface area contributed by atoms with E-state index in [0.717, 1.165) is 25.0 Å². The van der Waals surface area contributed by atoms with E-state index in [9.17, 15) is 19.3 Å². The van der Waals surface area contributed by atoms with E-state index in [4.69, 9.17) is 0 Å². The van der Waals surface area contributed by atoms with Gasteiger partial charge in [-0.2, -0.15) is 4.39 Å². The van der Waals surface area contributed by atoms with Crippen LogP contribution in [0.4, 0.5) is 10.1 Å². The van der Waals surface area contributed by atoms with E-state index in [1.54, 1.807) is 4.90 Å². The Kier molecular flexibility index (Phi) is 4.01. The summed E-state index contributed by atoms with van der Waals surface area (Å²) in [6.45, 7) is 4.66. The minimum absolute atomic E-state index is 0.0998. The first-order valence-corrected chi connectivity index (χ1v) is 6.65. The highest BCUT2D eigenvalue weighted by molar-refractivity contribution is 5.95. The number of amides is 1. The largest absolute Gasteiger partial charge is 0.336 e. The van der Waals surface area contributed by atoms with Crippen LogP contribution in [0.15, 0.2) is 18.2 Å². The van der Waals surface area contributed by atoms with E-state index in [1.165, 1.54) is 6.07 Å². The summed E-state index contributed by atoms with van der Waals surface area (Å²) < 4.78 is 13.3. The third kappa shape index (κ3) is 2.79. The van der Waals surface area contributed by atoms with Gasteiger partial charge in [0.15, 0.2) is 0 Å². The van der Waals surface area contributed by atoms with Crippen molar-refractivity contribution < 1.29 is 14.1 Å². The Morgan fingerprint density at radius 3 is 2.75 bits per heavy atom. The molecule has 1 aliphatic heterocycles. The maximum absolute atomic E-state index is 13.3. The van der Waals surface area contributed by atoms with E-state index >= 15 is 0 Å². The molecule has 1 aromatic carbocycles. The van der Waals surface area contributed by atoms with Crippen molar-refractivity contribution in [1.82, 2.24) is 4.90 Å². The summed E-state index contributed by atoms with van der Waals surface area (Å²) in [5.74, 6) is -0.788. The minimum Gasteiger partial charge on any atom is -0.336 e. The van der Waals surface area contributed by atoms with Crippen molar-refractivity contribution in [1.29, 1.82) is 0 Å². The van der Waals surface area contributed by atoms with Crippen LogP contribution < -0.4 is 0 Å². The lowest BCUT2D eigenvalue weighted by molar-refractivity contribution is -0.387. The molecule has 20 heavy (non-hydrogen) atoms. The van der Waals surface area contributed by atoms with E-state index in [-0.39, 0.29) is 17.5 Å². The number of nitro groups is 1. The summed E-state index contributed by atoms with van der Waals surface area (Å²) in [4.78, 5) is 24.1. The molecule has 1 amide bonds. The fourth-order valence-corrected chi connectivity index (χ4v) is 2.52. The summed E-state index contributed by atoms with van der Waals surface area (Å²) in [6, 6.07) is 3.40. The molecule has 1 fully saturated rings. The molecule has 0 aliphatic carbocycles. The SMILES string of the molecule is CC1CCC(C)N(C(=O)c2ccc(F)c([N+](=O)[O-])c2)C1. The van der Waals surface area contributed by atoms with Crippen LogP contribution >= 0.6 is 0 Å². The lowest BCUT2D eigenvalue weighted by Gasteiger charge is -2.36. The van der Waals surface area contributed by atoms with Crippen molar-refractivity contribution >= 4 is 11.6 Å². The molecule has 0 aromatic heterocycles. The normalized spacial score (nSPS) is 22.6. The summed E-state index contributed by atoms with van der Waals surface area (Å²) >= 11 is 0. The second-order valence-corrected chi connectivity index (χ2v) is 5.41.